The Balaban J connectivity index is 2.02. The van der Waals surface area contributed by atoms with Crippen LogP contribution in [0.3, 0.4) is 0 Å². The van der Waals surface area contributed by atoms with E-state index in [-0.39, 0.29) is 5.84 Å². The van der Waals surface area contributed by atoms with E-state index in [0.717, 1.165) is 23.4 Å². The van der Waals surface area contributed by atoms with E-state index in [9.17, 15) is 5.26 Å². The minimum Gasteiger partial charge on any atom is -0.304 e. The summed E-state index contributed by atoms with van der Waals surface area (Å²) >= 11 is 5.59. The van der Waals surface area contributed by atoms with Gasteiger partial charge in [0.2, 0.25) is 0 Å². The molecule has 2 aromatic carbocycles. The van der Waals surface area contributed by atoms with Gasteiger partial charge in [-0.05, 0) is 54.5 Å². The fourth-order valence-electron chi connectivity index (χ4n) is 2.81. The number of anilines is 2. The van der Waals surface area contributed by atoms with E-state index in [0.29, 0.717) is 10.7 Å². The Morgan fingerprint density at radius 2 is 1.92 bits per heavy atom. The van der Waals surface area contributed by atoms with Crippen molar-refractivity contribution < 1.29 is 0 Å². The van der Waals surface area contributed by atoms with Crippen LogP contribution in [0.5, 0.6) is 0 Å². The second-order valence-corrected chi connectivity index (χ2v) is 5.83. The molecule has 24 heavy (non-hydrogen) atoms. The van der Waals surface area contributed by atoms with Crippen LogP contribution >= 0.6 is 12.2 Å². The summed E-state index contributed by atoms with van der Waals surface area (Å²) in [5, 5.41) is 18.0. The smallest absolute Gasteiger partial charge is 0.188 e. The molecule has 1 aliphatic rings. The van der Waals surface area contributed by atoms with Gasteiger partial charge in [-0.2, -0.15) is 5.26 Å². The number of nitrogens with one attached hydrogen (secondary N) is 1. The average molecular weight is 335 g/mol. The van der Waals surface area contributed by atoms with E-state index in [1.165, 1.54) is 0 Å². The molecule has 1 aliphatic heterocycles. The maximum absolute atomic E-state index is 9.18. The number of thiocarbonyl (C=S) groups is 1. The van der Waals surface area contributed by atoms with Crippen molar-refractivity contribution in [1.82, 2.24) is 0 Å². The Morgan fingerprint density at radius 3 is 2.54 bits per heavy atom. The first-order valence-corrected chi connectivity index (χ1v) is 8.04. The molecule has 5 nitrogen and oxygen atoms in total. The van der Waals surface area contributed by atoms with Crippen LogP contribution in [0.15, 0.2) is 48.5 Å². The maximum atomic E-state index is 9.18. The van der Waals surface area contributed by atoms with Crippen molar-refractivity contribution in [3.63, 3.8) is 0 Å². The van der Waals surface area contributed by atoms with Gasteiger partial charge in [0.15, 0.2) is 5.11 Å². The fourth-order valence-corrected chi connectivity index (χ4v) is 3.24. The Morgan fingerprint density at radius 1 is 1.21 bits per heavy atom. The number of nitrogens with two attached hydrogens (primary N) is 1. The number of hydrogen-bond acceptors (Lipinski definition) is 4. The molecular weight excluding hydrogens is 318 g/mol. The molecule has 1 heterocycles. The van der Waals surface area contributed by atoms with Crippen molar-refractivity contribution in [3.05, 3.63) is 59.7 Å². The summed E-state index contributed by atoms with van der Waals surface area (Å²) in [6, 6.07) is 17.2. The summed E-state index contributed by atoms with van der Waals surface area (Å²) in [7, 11) is 0. The first-order valence-electron chi connectivity index (χ1n) is 7.64. The molecular formula is C18H17N5S. The molecule has 0 saturated carbocycles. The molecule has 0 radical (unpaired) electrons. The summed E-state index contributed by atoms with van der Waals surface area (Å²) in [6.07, 6.45) is 0.0969. The minimum atomic E-state index is -0.638. The van der Waals surface area contributed by atoms with Crippen molar-refractivity contribution in [2.24, 2.45) is 5.73 Å². The van der Waals surface area contributed by atoms with Crippen LogP contribution in [-0.4, -0.2) is 17.1 Å². The second-order valence-electron chi connectivity index (χ2n) is 5.46. The molecule has 120 valence electrons. The Labute approximate surface area is 146 Å². The van der Waals surface area contributed by atoms with Crippen LogP contribution in [-0.2, 0) is 6.42 Å². The fraction of sp³-hybridized carbons (Fsp3) is 0.167. The standard InChI is InChI=1S/C18H17N5S/c1-2-12-10-15(9-8-13(12)11-19)23-17(21)16(20)22(18(23)24)14-6-4-3-5-7-14/h3-10,16,21H,2,20H2,1H3. The summed E-state index contributed by atoms with van der Waals surface area (Å²) in [4.78, 5) is 3.43. The second kappa shape index (κ2) is 6.40. The highest BCUT2D eigenvalue weighted by molar-refractivity contribution is 7.81. The van der Waals surface area contributed by atoms with Crippen molar-refractivity contribution in [1.29, 1.82) is 10.7 Å². The number of para-hydroxylation sites is 1. The Bertz CT molecular complexity index is 840. The highest BCUT2D eigenvalue weighted by atomic mass is 32.1. The molecule has 0 spiro atoms. The maximum Gasteiger partial charge on any atom is 0.188 e. The average Bonchev–Trinajstić information content (AvgIpc) is 2.84. The lowest BCUT2D eigenvalue weighted by Crippen LogP contribution is -2.41. The van der Waals surface area contributed by atoms with Gasteiger partial charge < -0.3 is 5.73 Å². The zero-order valence-electron chi connectivity index (χ0n) is 13.2. The van der Waals surface area contributed by atoms with Gasteiger partial charge in [0.25, 0.3) is 0 Å². The van der Waals surface area contributed by atoms with Gasteiger partial charge in [-0.1, -0.05) is 25.1 Å². The number of hydrogen-bond donors (Lipinski definition) is 2. The Kier molecular flexibility index (Phi) is 4.30. The summed E-state index contributed by atoms with van der Waals surface area (Å²) < 4.78 is 0. The minimum absolute atomic E-state index is 0.218. The molecule has 3 rings (SSSR count). The molecule has 0 amide bonds. The van der Waals surface area contributed by atoms with Crippen molar-refractivity contribution >= 4 is 34.5 Å². The topological polar surface area (TPSA) is 80.1 Å². The largest absolute Gasteiger partial charge is 0.304 e. The normalized spacial score (nSPS) is 17.3. The van der Waals surface area contributed by atoms with Crippen LogP contribution in [0.25, 0.3) is 0 Å². The first-order chi connectivity index (χ1) is 11.6. The molecule has 1 fully saturated rings. The quantitative estimate of drug-likeness (QED) is 0.843. The molecule has 6 heteroatoms. The number of nitrogens with zero attached hydrogens (tertiary/aromatic N) is 3. The van der Waals surface area contributed by atoms with E-state index in [4.69, 9.17) is 23.4 Å². The van der Waals surface area contributed by atoms with Crippen LogP contribution in [0.1, 0.15) is 18.1 Å². The van der Waals surface area contributed by atoms with Crippen molar-refractivity contribution in [3.8, 4) is 6.07 Å². The van der Waals surface area contributed by atoms with E-state index in [1.54, 1.807) is 21.9 Å². The molecule has 2 aromatic rings. The summed E-state index contributed by atoms with van der Waals surface area (Å²) in [6.45, 7) is 2.00. The van der Waals surface area contributed by atoms with Gasteiger partial charge in [0.1, 0.15) is 12.0 Å². The predicted molar refractivity (Wildman–Crippen MR) is 100 cm³/mol. The molecule has 1 saturated heterocycles. The van der Waals surface area contributed by atoms with E-state index in [1.807, 2.05) is 43.3 Å². The number of rotatable bonds is 3. The zero-order valence-corrected chi connectivity index (χ0v) is 14.0. The highest BCUT2D eigenvalue weighted by Crippen LogP contribution is 2.29. The van der Waals surface area contributed by atoms with Gasteiger partial charge >= 0.3 is 0 Å². The number of benzene rings is 2. The van der Waals surface area contributed by atoms with E-state index in [2.05, 4.69) is 6.07 Å². The molecule has 3 N–H and O–H groups in total. The lowest BCUT2D eigenvalue weighted by Gasteiger charge is -2.22. The van der Waals surface area contributed by atoms with Crippen LogP contribution < -0.4 is 15.5 Å². The lowest BCUT2D eigenvalue weighted by atomic mass is 10.0. The molecule has 0 aromatic heterocycles. The number of amidine groups is 1. The van der Waals surface area contributed by atoms with Crippen LogP contribution in [0.4, 0.5) is 11.4 Å². The predicted octanol–water partition coefficient (Wildman–Crippen LogP) is 2.99. The zero-order chi connectivity index (χ0) is 17.3. The van der Waals surface area contributed by atoms with Crippen molar-refractivity contribution in [2.45, 2.75) is 19.5 Å². The van der Waals surface area contributed by atoms with Crippen LogP contribution in [0, 0.1) is 16.7 Å². The molecule has 1 unspecified atom stereocenters. The lowest BCUT2D eigenvalue weighted by molar-refractivity contribution is 0.909. The van der Waals surface area contributed by atoms with E-state index >= 15 is 0 Å². The van der Waals surface area contributed by atoms with Gasteiger partial charge in [0.05, 0.1) is 11.6 Å². The first kappa shape index (κ1) is 16.1. The highest BCUT2D eigenvalue weighted by Gasteiger charge is 2.39. The third kappa shape index (κ3) is 2.54. The molecule has 0 bridgehead atoms. The summed E-state index contributed by atoms with van der Waals surface area (Å²) in [5.41, 5.74) is 9.40. The summed E-state index contributed by atoms with van der Waals surface area (Å²) in [5.74, 6) is 0.218. The van der Waals surface area contributed by atoms with Gasteiger partial charge in [-0.25, -0.2) is 0 Å². The van der Waals surface area contributed by atoms with Gasteiger partial charge in [-0.3, -0.25) is 15.2 Å². The monoisotopic (exact) mass is 335 g/mol. The van der Waals surface area contributed by atoms with Gasteiger partial charge in [-0.15, -0.1) is 0 Å². The molecule has 1 atom stereocenters. The molecule has 0 aliphatic carbocycles. The number of nitriles is 1. The van der Waals surface area contributed by atoms with Gasteiger partial charge in [0, 0.05) is 11.4 Å². The number of aryl methyl sites for hydroxylation is 1. The van der Waals surface area contributed by atoms with Crippen LogP contribution in [0.2, 0.25) is 0 Å². The third-order valence-electron chi connectivity index (χ3n) is 4.08. The van der Waals surface area contributed by atoms with Crippen molar-refractivity contribution in [2.75, 3.05) is 9.80 Å². The Hall–Kier alpha value is -2.75. The third-order valence-corrected chi connectivity index (χ3v) is 4.46. The van der Waals surface area contributed by atoms with E-state index < -0.39 is 6.17 Å². The SMILES string of the molecule is CCc1cc(N2C(=N)C(N)N(c3ccccc3)C2=S)ccc1C#N.